The number of nitrogens with zero attached hydrogens (tertiary/aromatic N) is 2. The van der Waals surface area contributed by atoms with E-state index in [1.807, 2.05) is 25.1 Å². The lowest BCUT2D eigenvalue weighted by atomic mass is 10.2. The van der Waals surface area contributed by atoms with Crippen molar-refractivity contribution in [3.8, 4) is 5.69 Å². The molecule has 1 aromatic carbocycles. The first kappa shape index (κ1) is 10.9. The molecule has 16 heavy (non-hydrogen) atoms. The topological polar surface area (TPSA) is 55.1 Å². The van der Waals surface area contributed by atoms with E-state index in [1.54, 1.807) is 4.57 Å². The molecule has 0 amide bonds. The number of carbonyl (C=O) groups is 1. The monoisotopic (exact) mass is 280 g/mol. The van der Waals surface area contributed by atoms with E-state index in [9.17, 15) is 4.79 Å². The summed E-state index contributed by atoms with van der Waals surface area (Å²) in [5, 5.41) is 8.78. The van der Waals surface area contributed by atoms with E-state index in [2.05, 4.69) is 20.9 Å². The minimum atomic E-state index is -1.02. The Balaban J connectivity index is 2.50. The molecule has 82 valence electrons. The molecule has 1 heterocycles. The van der Waals surface area contributed by atoms with Crippen LogP contribution in [0.15, 0.2) is 35.2 Å². The average molecular weight is 281 g/mol. The molecular formula is C11H9BrN2O2. The number of carboxylic acids is 1. The highest BCUT2D eigenvalue weighted by molar-refractivity contribution is 9.10. The van der Waals surface area contributed by atoms with Gasteiger partial charge in [0, 0.05) is 10.7 Å². The first-order valence-corrected chi connectivity index (χ1v) is 5.41. The Hall–Kier alpha value is -1.62. The van der Waals surface area contributed by atoms with Crippen molar-refractivity contribution in [2.45, 2.75) is 6.92 Å². The number of aromatic carboxylic acids is 1. The summed E-state index contributed by atoms with van der Waals surface area (Å²) in [7, 11) is 0. The Morgan fingerprint density at radius 3 is 2.88 bits per heavy atom. The van der Waals surface area contributed by atoms with Gasteiger partial charge >= 0.3 is 5.97 Å². The van der Waals surface area contributed by atoms with Crippen LogP contribution in [0.3, 0.4) is 0 Å². The van der Waals surface area contributed by atoms with Crippen LogP contribution in [-0.4, -0.2) is 20.6 Å². The van der Waals surface area contributed by atoms with Gasteiger partial charge < -0.3 is 9.67 Å². The van der Waals surface area contributed by atoms with Crippen molar-refractivity contribution < 1.29 is 9.90 Å². The van der Waals surface area contributed by atoms with Crippen molar-refractivity contribution in [1.29, 1.82) is 0 Å². The lowest BCUT2D eigenvalue weighted by Gasteiger charge is -2.07. The summed E-state index contributed by atoms with van der Waals surface area (Å²) in [5.41, 5.74) is 1.99. The van der Waals surface area contributed by atoms with E-state index in [4.69, 9.17) is 5.11 Å². The predicted octanol–water partition coefficient (Wildman–Crippen LogP) is 2.64. The van der Waals surface area contributed by atoms with Gasteiger partial charge in [0.25, 0.3) is 0 Å². The maximum absolute atomic E-state index is 10.7. The molecule has 1 aromatic heterocycles. The molecule has 2 aromatic rings. The number of imidazole rings is 1. The van der Waals surface area contributed by atoms with Gasteiger partial charge in [0.2, 0.25) is 0 Å². The molecule has 1 N–H and O–H groups in total. The van der Waals surface area contributed by atoms with Crippen LogP contribution in [0, 0.1) is 6.92 Å². The van der Waals surface area contributed by atoms with Gasteiger partial charge in [-0.3, -0.25) is 0 Å². The third-order valence-corrected chi connectivity index (χ3v) is 3.18. The highest BCUT2D eigenvalue weighted by Gasteiger charge is 2.09. The van der Waals surface area contributed by atoms with E-state index in [1.165, 1.54) is 12.5 Å². The van der Waals surface area contributed by atoms with Gasteiger partial charge in [0.05, 0.1) is 5.69 Å². The number of halogens is 1. The molecule has 0 spiro atoms. The normalized spacial score (nSPS) is 10.4. The Kier molecular flexibility index (Phi) is 2.78. The third kappa shape index (κ3) is 1.86. The minimum absolute atomic E-state index is 0.0411. The quantitative estimate of drug-likeness (QED) is 0.920. The third-order valence-electron chi connectivity index (χ3n) is 2.32. The Labute approximate surface area is 101 Å². The second-order valence-electron chi connectivity index (χ2n) is 3.36. The fourth-order valence-electron chi connectivity index (χ4n) is 1.44. The molecule has 0 aliphatic rings. The molecule has 0 radical (unpaired) electrons. The summed E-state index contributed by atoms with van der Waals surface area (Å²) in [4.78, 5) is 14.5. The first-order chi connectivity index (χ1) is 7.59. The summed E-state index contributed by atoms with van der Waals surface area (Å²) >= 11 is 3.43. The van der Waals surface area contributed by atoms with Crippen molar-refractivity contribution in [3.05, 3.63) is 46.5 Å². The van der Waals surface area contributed by atoms with E-state index in [-0.39, 0.29) is 5.69 Å². The van der Waals surface area contributed by atoms with Gasteiger partial charge in [0.15, 0.2) is 5.69 Å². The van der Waals surface area contributed by atoms with E-state index < -0.39 is 5.97 Å². The highest BCUT2D eigenvalue weighted by atomic mass is 79.9. The summed E-state index contributed by atoms with van der Waals surface area (Å²) in [6, 6.07) is 5.74. The summed E-state index contributed by atoms with van der Waals surface area (Å²) in [5.74, 6) is -1.02. The van der Waals surface area contributed by atoms with Crippen molar-refractivity contribution in [2.75, 3.05) is 0 Å². The van der Waals surface area contributed by atoms with Crippen molar-refractivity contribution in [2.24, 2.45) is 0 Å². The lowest BCUT2D eigenvalue weighted by molar-refractivity contribution is 0.0691. The molecule has 2 rings (SSSR count). The average Bonchev–Trinajstić information content (AvgIpc) is 2.71. The van der Waals surface area contributed by atoms with Crippen LogP contribution in [0.1, 0.15) is 16.1 Å². The van der Waals surface area contributed by atoms with Crippen LogP contribution < -0.4 is 0 Å². The molecule has 4 nitrogen and oxygen atoms in total. The number of aromatic nitrogens is 2. The van der Waals surface area contributed by atoms with Gasteiger partial charge in [-0.05, 0) is 24.6 Å². The molecule has 0 aliphatic carbocycles. The van der Waals surface area contributed by atoms with E-state index in [0.29, 0.717) is 0 Å². The van der Waals surface area contributed by atoms with Crippen LogP contribution in [0.2, 0.25) is 0 Å². The number of carboxylic acid groups (broad SMARTS) is 1. The van der Waals surface area contributed by atoms with Crippen molar-refractivity contribution >= 4 is 21.9 Å². The Morgan fingerprint density at radius 2 is 2.25 bits per heavy atom. The predicted molar refractivity (Wildman–Crippen MR) is 63.0 cm³/mol. The largest absolute Gasteiger partial charge is 0.476 e. The summed E-state index contributed by atoms with van der Waals surface area (Å²) in [6.45, 7) is 1.96. The zero-order valence-corrected chi connectivity index (χ0v) is 10.1. The van der Waals surface area contributed by atoms with Crippen molar-refractivity contribution in [1.82, 2.24) is 9.55 Å². The second kappa shape index (κ2) is 4.09. The van der Waals surface area contributed by atoms with Crippen LogP contribution in [0.4, 0.5) is 0 Å². The summed E-state index contributed by atoms with van der Waals surface area (Å²) in [6.07, 6.45) is 3.00. The fraction of sp³-hybridized carbons (Fsp3) is 0.0909. The van der Waals surface area contributed by atoms with Crippen molar-refractivity contribution in [3.63, 3.8) is 0 Å². The number of hydrogen-bond donors (Lipinski definition) is 1. The molecule has 0 saturated heterocycles. The molecule has 0 unspecified atom stereocenters. The SMILES string of the molecule is Cc1c(Br)cccc1-n1cnc(C(=O)O)c1. The van der Waals surface area contributed by atoms with Gasteiger partial charge in [-0.15, -0.1) is 0 Å². The molecule has 5 heteroatoms. The zero-order chi connectivity index (χ0) is 11.7. The van der Waals surface area contributed by atoms with Crippen LogP contribution in [0.25, 0.3) is 5.69 Å². The molecule has 0 bridgehead atoms. The standard InChI is InChI=1S/C11H9BrN2O2/c1-7-8(12)3-2-4-10(7)14-5-9(11(15)16)13-6-14/h2-6H,1H3,(H,15,16). The number of benzene rings is 1. The summed E-state index contributed by atoms with van der Waals surface area (Å²) < 4.78 is 2.68. The van der Waals surface area contributed by atoms with Gasteiger partial charge in [-0.25, -0.2) is 9.78 Å². The first-order valence-electron chi connectivity index (χ1n) is 4.62. The fourth-order valence-corrected chi connectivity index (χ4v) is 1.80. The molecule has 0 fully saturated rings. The smallest absolute Gasteiger partial charge is 0.356 e. The zero-order valence-electron chi connectivity index (χ0n) is 8.51. The minimum Gasteiger partial charge on any atom is -0.476 e. The molecule has 0 aliphatic heterocycles. The van der Waals surface area contributed by atoms with Crippen LogP contribution in [-0.2, 0) is 0 Å². The number of hydrogen-bond acceptors (Lipinski definition) is 2. The maximum atomic E-state index is 10.7. The maximum Gasteiger partial charge on any atom is 0.356 e. The molecule has 0 saturated carbocycles. The molecule has 0 atom stereocenters. The van der Waals surface area contributed by atoms with Gasteiger partial charge in [-0.2, -0.15) is 0 Å². The van der Waals surface area contributed by atoms with Crippen LogP contribution >= 0.6 is 15.9 Å². The van der Waals surface area contributed by atoms with Crippen LogP contribution in [0.5, 0.6) is 0 Å². The highest BCUT2D eigenvalue weighted by Crippen LogP contribution is 2.22. The van der Waals surface area contributed by atoms with E-state index >= 15 is 0 Å². The lowest BCUT2D eigenvalue weighted by Crippen LogP contribution is -1.97. The van der Waals surface area contributed by atoms with Gasteiger partial charge in [-0.1, -0.05) is 22.0 Å². The Bertz CT molecular complexity index is 549. The number of rotatable bonds is 2. The second-order valence-corrected chi connectivity index (χ2v) is 4.21. The Morgan fingerprint density at radius 1 is 1.50 bits per heavy atom. The van der Waals surface area contributed by atoms with Gasteiger partial charge in [0.1, 0.15) is 6.33 Å². The van der Waals surface area contributed by atoms with E-state index in [0.717, 1.165) is 15.7 Å². The molecular weight excluding hydrogens is 272 g/mol.